The molecule has 4 rings (SSSR count). The van der Waals surface area contributed by atoms with Crippen LogP contribution < -0.4 is 0 Å². The summed E-state index contributed by atoms with van der Waals surface area (Å²) < 4.78 is 28.4. The van der Waals surface area contributed by atoms with E-state index in [4.69, 9.17) is 0 Å². The van der Waals surface area contributed by atoms with Crippen LogP contribution in [0.1, 0.15) is 32.6 Å². The molecule has 31 heavy (non-hydrogen) atoms. The number of fused-ring (bicyclic) bond motifs is 1. The second kappa shape index (κ2) is 8.05. The predicted molar refractivity (Wildman–Crippen MR) is 122 cm³/mol. The number of carbonyl (C=O) groups is 1. The first-order valence-electron chi connectivity index (χ1n) is 10.4. The van der Waals surface area contributed by atoms with E-state index in [-0.39, 0.29) is 19.0 Å². The highest BCUT2D eigenvalue weighted by Crippen LogP contribution is 2.29. The lowest BCUT2D eigenvalue weighted by Crippen LogP contribution is -2.50. The summed E-state index contributed by atoms with van der Waals surface area (Å²) in [6.45, 7) is 8.89. The molecule has 3 aromatic rings. The Morgan fingerprint density at radius 1 is 0.903 bits per heavy atom. The number of carbonyl (C=O) groups excluding carboxylic acids is 1. The fourth-order valence-corrected chi connectivity index (χ4v) is 6.29. The second-order valence-corrected chi connectivity index (χ2v) is 10.0. The molecule has 0 saturated carbocycles. The number of rotatable bonds is 3. The number of aryl methyl sites for hydroxylation is 2. The van der Waals surface area contributed by atoms with Gasteiger partial charge in [-0.05, 0) is 68.1 Å². The number of aromatic nitrogens is 1. The van der Waals surface area contributed by atoms with E-state index >= 15 is 0 Å². The Morgan fingerprint density at radius 2 is 1.55 bits per heavy atom. The molecule has 0 aliphatic carbocycles. The summed E-state index contributed by atoms with van der Waals surface area (Å²) in [7, 11) is -3.63. The highest BCUT2D eigenvalue weighted by molar-refractivity contribution is 7.89. The first-order valence-corrected chi connectivity index (χ1v) is 11.9. The van der Waals surface area contributed by atoms with Gasteiger partial charge in [-0.2, -0.15) is 4.31 Å². The van der Waals surface area contributed by atoms with E-state index in [1.165, 1.54) is 4.31 Å². The van der Waals surface area contributed by atoms with Crippen LogP contribution in [0.5, 0.6) is 0 Å². The third-order valence-corrected chi connectivity index (χ3v) is 8.47. The van der Waals surface area contributed by atoms with E-state index in [0.29, 0.717) is 23.5 Å². The van der Waals surface area contributed by atoms with Gasteiger partial charge in [-0.1, -0.05) is 18.2 Å². The quantitative estimate of drug-likeness (QED) is 0.628. The Hall–Kier alpha value is -2.77. The van der Waals surface area contributed by atoms with Gasteiger partial charge in [0.1, 0.15) is 0 Å². The second-order valence-electron chi connectivity index (χ2n) is 8.16. The van der Waals surface area contributed by atoms with Gasteiger partial charge >= 0.3 is 0 Å². The van der Waals surface area contributed by atoms with E-state index in [0.717, 1.165) is 33.2 Å². The van der Waals surface area contributed by atoms with E-state index in [2.05, 4.69) is 4.98 Å². The zero-order valence-electron chi connectivity index (χ0n) is 18.3. The molecule has 1 fully saturated rings. The molecule has 2 aromatic carbocycles. The minimum atomic E-state index is -3.63. The molecule has 0 atom stereocenters. The summed E-state index contributed by atoms with van der Waals surface area (Å²) in [5.41, 5.74) is 4.91. The van der Waals surface area contributed by atoms with Gasteiger partial charge in [0.25, 0.3) is 5.91 Å². The topological polar surface area (TPSA) is 70.6 Å². The van der Waals surface area contributed by atoms with Gasteiger partial charge in [-0.25, -0.2) is 8.42 Å². The third-order valence-electron chi connectivity index (χ3n) is 6.30. The van der Waals surface area contributed by atoms with Crippen LogP contribution in [0.3, 0.4) is 0 Å². The van der Waals surface area contributed by atoms with Crippen LogP contribution in [0.2, 0.25) is 0 Å². The fourth-order valence-electron chi connectivity index (χ4n) is 4.29. The van der Waals surface area contributed by atoms with Gasteiger partial charge in [-0.3, -0.25) is 9.78 Å². The molecule has 0 bridgehead atoms. The maximum atomic E-state index is 13.5. The van der Waals surface area contributed by atoms with Crippen LogP contribution in [-0.4, -0.2) is 54.7 Å². The summed E-state index contributed by atoms with van der Waals surface area (Å²) in [5, 5.41) is 0.812. The maximum Gasteiger partial charge on any atom is 0.254 e. The van der Waals surface area contributed by atoms with Crippen molar-refractivity contribution < 1.29 is 13.2 Å². The minimum Gasteiger partial charge on any atom is -0.336 e. The van der Waals surface area contributed by atoms with Gasteiger partial charge in [0.05, 0.1) is 10.4 Å². The molecular weight excluding hydrogens is 410 g/mol. The standard InChI is InChI=1S/C24H27N3O3S/c1-16-15-17(2)19(4)23(18(16)3)31(29,30)27-13-11-26(12-14-27)24(28)21-7-5-9-22-20(21)8-6-10-25-22/h5-10,15H,11-14H2,1-4H3. The van der Waals surface area contributed by atoms with Crippen LogP contribution >= 0.6 is 0 Å². The van der Waals surface area contributed by atoms with Crippen LogP contribution in [0.15, 0.2) is 47.5 Å². The lowest BCUT2D eigenvalue weighted by molar-refractivity contribution is 0.0700. The van der Waals surface area contributed by atoms with Crippen molar-refractivity contribution in [2.24, 2.45) is 0 Å². The average molecular weight is 438 g/mol. The average Bonchev–Trinajstić information content (AvgIpc) is 2.77. The highest BCUT2D eigenvalue weighted by Gasteiger charge is 2.33. The molecule has 7 heteroatoms. The van der Waals surface area contributed by atoms with Gasteiger partial charge < -0.3 is 4.90 Å². The van der Waals surface area contributed by atoms with Gasteiger partial charge in [-0.15, -0.1) is 0 Å². The normalized spacial score (nSPS) is 15.4. The molecule has 0 radical (unpaired) electrons. The largest absolute Gasteiger partial charge is 0.336 e. The van der Waals surface area contributed by atoms with E-state index in [1.807, 2.05) is 58.0 Å². The summed E-state index contributed by atoms with van der Waals surface area (Å²) in [6, 6.07) is 11.2. The zero-order chi connectivity index (χ0) is 22.3. The Kier molecular flexibility index (Phi) is 5.58. The van der Waals surface area contributed by atoms with Crippen molar-refractivity contribution >= 4 is 26.8 Å². The number of hydrogen-bond donors (Lipinski definition) is 0. The molecule has 1 aliphatic heterocycles. The number of amides is 1. The van der Waals surface area contributed by atoms with Gasteiger partial charge in [0, 0.05) is 43.3 Å². The number of sulfonamides is 1. The van der Waals surface area contributed by atoms with Crippen LogP contribution in [-0.2, 0) is 10.0 Å². The Balaban J connectivity index is 1.57. The molecule has 1 aromatic heterocycles. The fraction of sp³-hybridized carbons (Fsp3) is 0.333. The zero-order valence-corrected chi connectivity index (χ0v) is 19.2. The van der Waals surface area contributed by atoms with Gasteiger partial charge in [0.15, 0.2) is 0 Å². The monoisotopic (exact) mass is 437 g/mol. The minimum absolute atomic E-state index is 0.0885. The van der Waals surface area contributed by atoms with Crippen molar-refractivity contribution in [1.29, 1.82) is 0 Å². The highest BCUT2D eigenvalue weighted by atomic mass is 32.2. The molecular formula is C24H27N3O3S. The molecule has 1 amide bonds. The predicted octanol–water partition coefficient (Wildman–Crippen LogP) is 3.62. The maximum absolute atomic E-state index is 13.5. The summed E-state index contributed by atoms with van der Waals surface area (Å²) in [5.74, 6) is -0.0885. The van der Waals surface area contributed by atoms with Crippen LogP contribution in [0.25, 0.3) is 10.9 Å². The van der Waals surface area contributed by atoms with E-state index in [9.17, 15) is 13.2 Å². The van der Waals surface area contributed by atoms with Crippen molar-refractivity contribution in [2.45, 2.75) is 32.6 Å². The Morgan fingerprint density at radius 3 is 2.19 bits per heavy atom. The summed E-state index contributed by atoms with van der Waals surface area (Å²) >= 11 is 0. The van der Waals surface area contributed by atoms with Crippen LogP contribution in [0, 0.1) is 27.7 Å². The molecule has 0 spiro atoms. The first kappa shape index (κ1) is 21.5. The van der Waals surface area contributed by atoms with Gasteiger partial charge in [0.2, 0.25) is 10.0 Å². The van der Waals surface area contributed by atoms with Crippen LogP contribution in [0.4, 0.5) is 0 Å². The van der Waals surface area contributed by atoms with E-state index < -0.39 is 10.0 Å². The van der Waals surface area contributed by atoms with Crippen molar-refractivity contribution in [3.8, 4) is 0 Å². The van der Waals surface area contributed by atoms with Crippen molar-refractivity contribution in [2.75, 3.05) is 26.2 Å². The molecule has 2 heterocycles. The number of benzene rings is 2. The molecule has 1 saturated heterocycles. The molecule has 6 nitrogen and oxygen atoms in total. The third kappa shape index (κ3) is 3.72. The lowest BCUT2D eigenvalue weighted by Gasteiger charge is -2.35. The first-order chi connectivity index (χ1) is 14.7. The molecule has 162 valence electrons. The number of nitrogens with zero attached hydrogens (tertiary/aromatic N) is 3. The van der Waals surface area contributed by atoms with Crippen molar-refractivity contribution in [1.82, 2.24) is 14.2 Å². The number of piperazine rings is 1. The Bertz CT molecular complexity index is 1250. The number of hydrogen-bond acceptors (Lipinski definition) is 4. The molecule has 0 N–H and O–H groups in total. The smallest absolute Gasteiger partial charge is 0.254 e. The van der Waals surface area contributed by atoms with E-state index in [1.54, 1.807) is 17.2 Å². The summed E-state index contributed by atoms with van der Waals surface area (Å²) in [6.07, 6.45) is 1.71. The lowest BCUT2D eigenvalue weighted by atomic mass is 10.0. The molecule has 0 unspecified atom stereocenters. The Labute approximate surface area is 183 Å². The SMILES string of the molecule is Cc1cc(C)c(C)c(S(=O)(=O)N2CCN(C(=O)c3cccc4ncccc34)CC2)c1C. The van der Waals surface area contributed by atoms with Crippen molar-refractivity contribution in [3.05, 3.63) is 70.4 Å². The molecule has 1 aliphatic rings. The van der Waals surface area contributed by atoms with Crippen molar-refractivity contribution in [3.63, 3.8) is 0 Å². The summed E-state index contributed by atoms with van der Waals surface area (Å²) in [4.78, 5) is 19.6. The number of pyridine rings is 1.